The van der Waals surface area contributed by atoms with E-state index in [1.807, 2.05) is 47.1 Å². The molecule has 6 heteroatoms. The van der Waals surface area contributed by atoms with Crippen molar-refractivity contribution in [3.8, 4) is 5.75 Å². The molecule has 28 heavy (non-hydrogen) atoms. The Morgan fingerprint density at radius 2 is 1.89 bits per heavy atom. The van der Waals surface area contributed by atoms with Crippen LogP contribution in [0.15, 0.2) is 54.6 Å². The van der Waals surface area contributed by atoms with Crippen LogP contribution >= 0.6 is 0 Å². The molecule has 2 heterocycles. The van der Waals surface area contributed by atoms with E-state index in [-0.39, 0.29) is 0 Å². The Kier molecular flexibility index (Phi) is 5.12. The Balaban J connectivity index is 1.57. The van der Waals surface area contributed by atoms with Crippen LogP contribution in [0, 0.1) is 0 Å². The van der Waals surface area contributed by atoms with E-state index in [4.69, 9.17) is 14.9 Å². The third-order valence-electron chi connectivity index (χ3n) is 5.06. The van der Waals surface area contributed by atoms with Crippen LogP contribution in [0.5, 0.6) is 5.75 Å². The van der Waals surface area contributed by atoms with Gasteiger partial charge in [-0.3, -0.25) is 4.68 Å². The van der Waals surface area contributed by atoms with Crippen molar-refractivity contribution >= 4 is 5.97 Å². The van der Waals surface area contributed by atoms with Gasteiger partial charge in [-0.15, -0.1) is 0 Å². The van der Waals surface area contributed by atoms with Crippen LogP contribution in [0.3, 0.4) is 0 Å². The number of benzene rings is 2. The molecule has 1 aliphatic heterocycles. The van der Waals surface area contributed by atoms with Gasteiger partial charge in [-0.25, -0.2) is 4.79 Å². The van der Waals surface area contributed by atoms with E-state index in [1.54, 1.807) is 12.1 Å². The number of hydrogen-bond acceptors (Lipinski definition) is 4. The smallest absolute Gasteiger partial charge is 0.335 e. The zero-order valence-electron chi connectivity index (χ0n) is 15.8. The number of para-hydroxylation sites is 1. The molecule has 0 fully saturated rings. The number of rotatable bonds is 6. The zero-order chi connectivity index (χ0) is 19.5. The Morgan fingerprint density at radius 3 is 2.61 bits per heavy atom. The molecule has 2 aromatic carbocycles. The molecule has 1 aromatic heterocycles. The maximum Gasteiger partial charge on any atom is 0.335 e. The normalized spacial score (nSPS) is 13.9. The quantitative estimate of drug-likeness (QED) is 0.715. The lowest BCUT2D eigenvalue weighted by Crippen LogP contribution is -2.28. The summed E-state index contributed by atoms with van der Waals surface area (Å²) in [5.74, 6) is -0.0781. The van der Waals surface area contributed by atoms with Crippen LogP contribution in [-0.4, -0.2) is 39.3 Å². The van der Waals surface area contributed by atoms with Gasteiger partial charge in [0.25, 0.3) is 0 Å². The Hall–Kier alpha value is -3.12. The monoisotopic (exact) mass is 377 g/mol. The van der Waals surface area contributed by atoms with Gasteiger partial charge >= 0.3 is 5.97 Å². The topological polar surface area (TPSA) is 67.6 Å². The van der Waals surface area contributed by atoms with Gasteiger partial charge in [-0.2, -0.15) is 5.10 Å². The second-order valence-corrected chi connectivity index (χ2v) is 7.12. The second kappa shape index (κ2) is 7.86. The maximum absolute atomic E-state index is 11.0. The largest absolute Gasteiger partial charge is 0.487 e. The standard InChI is InChI=1S/C22H23N3O3/c1-24-12-11-21-19(14-24)20(15-28-18-5-3-2-4-6-18)23-25(21)13-16-7-9-17(10-8-16)22(26)27/h2-10H,11-15H2,1H3,(H,26,27). The number of fused-ring (bicyclic) bond motifs is 1. The van der Waals surface area contributed by atoms with Gasteiger partial charge < -0.3 is 14.7 Å². The minimum atomic E-state index is -0.911. The summed E-state index contributed by atoms with van der Waals surface area (Å²) in [6.45, 7) is 2.92. The van der Waals surface area contributed by atoms with E-state index in [1.165, 1.54) is 11.3 Å². The molecule has 0 radical (unpaired) electrons. The Morgan fingerprint density at radius 1 is 1.14 bits per heavy atom. The summed E-state index contributed by atoms with van der Waals surface area (Å²) < 4.78 is 7.98. The van der Waals surface area contributed by atoms with Gasteiger partial charge in [0.05, 0.1) is 12.1 Å². The van der Waals surface area contributed by atoms with E-state index in [0.29, 0.717) is 18.7 Å². The summed E-state index contributed by atoms with van der Waals surface area (Å²) in [6.07, 6.45) is 0.942. The fourth-order valence-corrected chi connectivity index (χ4v) is 3.54. The van der Waals surface area contributed by atoms with Gasteiger partial charge in [0.1, 0.15) is 18.1 Å². The van der Waals surface area contributed by atoms with Crippen LogP contribution in [0.25, 0.3) is 0 Å². The third kappa shape index (κ3) is 3.92. The van der Waals surface area contributed by atoms with Crippen LogP contribution in [0.1, 0.15) is 32.9 Å². The number of carboxylic acids is 1. The molecule has 0 saturated carbocycles. The number of carboxylic acid groups (broad SMARTS) is 1. The molecular weight excluding hydrogens is 354 g/mol. The average molecular weight is 377 g/mol. The van der Waals surface area contributed by atoms with Crippen molar-refractivity contribution < 1.29 is 14.6 Å². The number of nitrogens with zero attached hydrogens (tertiary/aromatic N) is 3. The second-order valence-electron chi connectivity index (χ2n) is 7.12. The predicted octanol–water partition coefficient (Wildman–Crippen LogP) is 3.20. The van der Waals surface area contributed by atoms with Crippen LogP contribution in [0.2, 0.25) is 0 Å². The average Bonchev–Trinajstić information content (AvgIpc) is 3.04. The van der Waals surface area contributed by atoms with Crippen LogP contribution < -0.4 is 4.74 Å². The Labute approximate surface area is 164 Å². The highest BCUT2D eigenvalue weighted by Gasteiger charge is 2.23. The fraction of sp³-hybridized carbons (Fsp3) is 0.273. The van der Waals surface area contributed by atoms with Crippen molar-refractivity contribution in [2.45, 2.75) is 26.1 Å². The molecule has 6 nitrogen and oxygen atoms in total. The number of ether oxygens (including phenoxy) is 1. The van der Waals surface area contributed by atoms with Gasteiger partial charge in [0.2, 0.25) is 0 Å². The van der Waals surface area contributed by atoms with Gasteiger partial charge in [-0.05, 0) is 36.9 Å². The van der Waals surface area contributed by atoms with Crippen molar-refractivity contribution in [3.63, 3.8) is 0 Å². The summed E-state index contributed by atoms with van der Waals surface area (Å²) in [7, 11) is 2.12. The Bertz CT molecular complexity index is 965. The minimum Gasteiger partial charge on any atom is -0.487 e. The minimum absolute atomic E-state index is 0.296. The highest BCUT2D eigenvalue weighted by molar-refractivity contribution is 5.87. The highest BCUT2D eigenvalue weighted by atomic mass is 16.5. The number of hydrogen-bond donors (Lipinski definition) is 1. The lowest BCUT2D eigenvalue weighted by atomic mass is 10.1. The fourth-order valence-electron chi connectivity index (χ4n) is 3.54. The summed E-state index contributed by atoms with van der Waals surface area (Å²) in [5, 5.41) is 13.9. The lowest BCUT2D eigenvalue weighted by molar-refractivity contribution is 0.0697. The first kappa shape index (κ1) is 18.3. The first-order valence-electron chi connectivity index (χ1n) is 9.36. The molecule has 1 N–H and O–H groups in total. The first-order chi connectivity index (χ1) is 13.6. The highest BCUT2D eigenvalue weighted by Crippen LogP contribution is 2.24. The molecular formula is C22H23N3O3. The SMILES string of the molecule is CN1CCc2c(c(COc3ccccc3)nn2Cc2ccc(C(=O)O)cc2)C1. The lowest BCUT2D eigenvalue weighted by Gasteiger charge is -2.23. The van der Waals surface area contributed by atoms with Gasteiger partial charge in [-0.1, -0.05) is 30.3 Å². The number of aromatic nitrogens is 2. The predicted molar refractivity (Wildman–Crippen MR) is 106 cm³/mol. The van der Waals surface area contributed by atoms with Crippen LogP contribution in [-0.2, 0) is 26.1 Å². The molecule has 4 rings (SSSR count). The van der Waals surface area contributed by atoms with E-state index < -0.39 is 5.97 Å². The molecule has 1 aliphatic rings. The molecule has 0 unspecified atom stereocenters. The van der Waals surface area contributed by atoms with Crippen molar-refractivity contribution in [3.05, 3.63) is 82.7 Å². The summed E-state index contributed by atoms with van der Waals surface area (Å²) >= 11 is 0. The summed E-state index contributed by atoms with van der Waals surface area (Å²) in [4.78, 5) is 13.3. The zero-order valence-corrected chi connectivity index (χ0v) is 15.8. The van der Waals surface area contributed by atoms with Crippen molar-refractivity contribution in [1.29, 1.82) is 0 Å². The number of carbonyl (C=O) groups is 1. The molecule has 0 spiro atoms. The number of likely N-dealkylation sites (N-methyl/N-ethyl adjacent to an activating group) is 1. The van der Waals surface area contributed by atoms with Crippen LogP contribution in [0.4, 0.5) is 0 Å². The molecule has 0 bridgehead atoms. The molecule has 0 saturated heterocycles. The van der Waals surface area contributed by atoms with Crippen molar-refractivity contribution in [2.75, 3.05) is 13.6 Å². The molecule has 0 atom stereocenters. The molecule has 3 aromatic rings. The first-order valence-corrected chi connectivity index (χ1v) is 9.36. The van der Waals surface area contributed by atoms with E-state index in [0.717, 1.165) is 36.5 Å². The summed E-state index contributed by atoms with van der Waals surface area (Å²) in [5.41, 5.74) is 4.78. The van der Waals surface area contributed by atoms with Crippen molar-refractivity contribution in [1.82, 2.24) is 14.7 Å². The molecule has 0 aliphatic carbocycles. The van der Waals surface area contributed by atoms with Crippen molar-refractivity contribution in [2.24, 2.45) is 0 Å². The number of aromatic carboxylic acids is 1. The molecule has 144 valence electrons. The third-order valence-corrected chi connectivity index (χ3v) is 5.06. The van der Waals surface area contributed by atoms with Gasteiger partial charge in [0, 0.05) is 30.8 Å². The van der Waals surface area contributed by atoms with E-state index >= 15 is 0 Å². The van der Waals surface area contributed by atoms with E-state index in [9.17, 15) is 4.79 Å². The van der Waals surface area contributed by atoms with Gasteiger partial charge in [0.15, 0.2) is 0 Å². The summed E-state index contributed by atoms with van der Waals surface area (Å²) in [6, 6.07) is 16.8. The van der Waals surface area contributed by atoms with E-state index in [2.05, 4.69) is 11.9 Å². The maximum atomic E-state index is 11.0. The molecule has 0 amide bonds.